The van der Waals surface area contributed by atoms with Gasteiger partial charge in [0.05, 0.1) is 0 Å². The van der Waals surface area contributed by atoms with Crippen molar-refractivity contribution < 1.29 is 0 Å². The summed E-state index contributed by atoms with van der Waals surface area (Å²) in [5, 5.41) is 6.42. The van der Waals surface area contributed by atoms with Gasteiger partial charge in [-0.25, -0.2) is 0 Å². The minimum absolute atomic E-state index is 0.0815. The Labute approximate surface area is 366 Å². The third-order valence-corrected chi connectivity index (χ3v) is 28.6. The Morgan fingerprint density at radius 3 is 1.10 bits per heavy atom. The SMILES string of the molecule is c1ccc(P(CCC(C(CCCP(C2CCCCC2)C2CCCCC2)P(C2CCCCC2)C2CCCCC2)P(c2ccccc2)c2ccccc2)c2ccccc2)cc1. The molecule has 0 nitrogen and oxygen atoms in total. The summed E-state index contributed by atoms with van der Waals surface area (Å²) in [6, 6.07) is 47.7. The summed E-state index contributed by atoms with van der Waals surface area (Å²) in [5.41, 5.74) is 5.69. The Kier molecular flexibility index (Phi) is 17.9. The molecule has 0 bridgehead atoms. The highest BCUT2D eigenvalue weighted by Crippen LogP contribution is 2.65. The molecule has 4 saturated carbocycles. The smallest absolute Gasteiger partial charge is 0.00574 e. The zero-order valence-electron chi connectivity index (χ0n) is 36.5. The van der Waals surface area contributed by atoms with Gasteiger partial charge in [-0.2, -0.15) is 0 Å². The molecule has 316 valence electrons. The van der Waals surface area contributed by atoms with Crippen LogP contribution < -0.4 is 21.2 Å². The molecule has 0 radical (unpaired) electrons. The Hall–Kier alpha value is -1.40. The van der Waals surface area contributed by atoms with Gasteiger partial charge in [0.1, 0.15) is 0 Å². The van der Waals surface area contributed by atoms with Crippen LogP contribution in [0.15, 0.2) is 121 Å². The summed E-state index contributed by atoms with van der Waals surface area (Å²) in [6.07, 6.45) is 37.5. The van der Waals surface area contributed by atoms with Crippen LogP contribution >= 0.6 is 31.7 Å². The zero-order valence-corrected chi connectivity index (χ0v) is 40.1. The lowest BCUT2D eigenvalue weighted by molar-refractivity contribution is 0.476. The van der Waals surface area contributed by atoms with E-state index in [9.17, 15) is 0 Å². The number of hydrogen-bond acceptors (Lipinski definition) is 0. The first kappa shape index (κ1) is 44.2. The predicted octanol–water partition coefficient (Wildman–Crippen LogP) is 15.5. The van der Waals surface area contributed by atoms with Gasteiger partial charge in [0.2, 0.25) is 0 Å². The molecular weight excluding hydrogens is 785 g/mol. The Morgan fingerprint density at radius 2 is 0.712 bits per heavy atom. The second kappa shape index (κ2) is 23.9. The molecule has 4 aliphatic carbocycles. The molecule has 0 aliphatic heterocycles. The van der Waals surface area contributed by atoms with Gasteiger partial charge < -0.3 is 0 Å². The summed E-state index contributed by atoms with van der Waals surface area (Å²) in [5.74, 6) is 0. The van der Waals surface area contributed by atoms with Crippen LogP contribution in [-0.4, -0.2) is 46.3 Å². The molecular formula is C55H76P4. The van der Waals surface area contributed by atoms with Crippen molar-refractivity contribution in [2.75, 3.05) is 12.3 Å². The molecule has 0 N–H and O–H groups in total. The quantitative estimate of drug-likeness (QED) is 0.0875. The highest BCUT2D eigenvalue weighted by Gasteiger charge is 2.43. The largest absolute Gasteiger partial charge is 0.100 e. The van der Waals surface area contributed by atoms with E-state index >= 15 is 0 Å². The molecule has 2 unspecified atom stereocenters. The summed E-state index contributed by atoms with van der Waals surface area (Å²) >= 11 is 0. The van der Waals surface area contributed by atoms with Gasteiger partial charge in [0.25, 0.3) is 0 Å². The second-order valence-electron chi connectivity index (χ2n) is 18.8. The summed E-state index contributed by atoms with van der Waals surface area (Å²) in [4.78, 5) is 0. The van der Waals surface area contributed by atoms with Gasteiger partial charge in [-0.1, -0.05) is 206 Å². The maximum atomic E-state index is 2.55. The maximum absolute atomic E-state index is 2.55. The van der Waals surface area contributed by atoms with E-state index in [1.54, 1.807) is 53.1 Å². The average Bonchev–Trinajstić information content (AvgIpc) is 3.32. The van der Waals surface area contributed by atoms with E-state index in [1.165, 1.54) is 128 Å². The van der Waals surface area contributed by atoms with E-state index in [1.807, 2.05) is 0 Å². The molecule has 4 aromatic rings. The summed E-state index contributed by atoms with van der Waals surface area (Å²) in [7, 11) is -0.903. The normalized spacial score (nSPS) is 20.4. The molecule has 0 spiro atoms. The van der Waals surface area contributed by atoms with Crippen molar-refractivity contribution in [2.45, 2.75) is 182 Å². The molecule has 0 heterocycles. The molecule has 59 heavy (non-hydrogen) atoms. The van der Waals surface area contributed by atoms with Crippen LogP contribution in [0.25, 0.3) is 0 Å². The van der Waals surface area contributed by atoms with Gasteiger partial charge >= 0.3 is 0 Å². The van der Waals surface area contributed by atoms with Gasteiger partial charge in [-0.05, 0) is 154 Å². The lowest BCUT2D eigenvalue weighted by atomic mass is 9.99. The third-order valence-electron chi connectivity index (χ3n) is 15.0. The minimum Gasteiger partial charge on any atom is -0.100 e. The molecule has 4 fully saturated rings. The van der Waals surface area contributed by atoms with Crippen LogP contribution in [0.3, 0.4) is 0 Å². The van der Waals surface area contributed by atoms with E-state index in [2.05, 4.69) is 121 Å². The lowest BCUT2D eigenvalue weighted by Gasteiger charge is -2.48. The molecule has 0 saturated heterocycles. The zero-order chi connectivity index (χ0) is 39.9. The van der Waals surface area contributed by atoms with Crippen LogP contribution in [-0.2, 0) is 0 Å². The van der Waals surface area contributed by atoms with Crippen molar-refractivity contribution >= 4 is 52.9 Å². The van der Waals surface area contributed by atoms with E-state index < -0.39 is 15.8 Å². The van der Waals surface area contributed by atoms with Crippen molar-refractivity contribution in [3.8, 4) is 0 Å². The maximum Gasteiger partial charge on any atom is -0.00574 e. The highest BCUT2D eigenvalue weighted by molar-refractivity contribution is 7.75. The summed E-state index contributed by atoms with van der Waals surface area (Å²) in [6.45, 7) is 0. The van der Waals surface area contributed by atoms with E-state index in [0.717, 1.165) is 34.0 Å². The van der Waals surface area contributed by atoms with Crippen LogP contribution in [0.4, 0.5) is 0 Å². The molecule has 4 aromatic carbocycles. The molecule has 8 rings (SSSR count). The van der Waals surface area contributed by atoms with E-state index in [-0.39, 0.29) is 15.8 Å². The van der Waals surface area contributed by atoms with Crippen molar-refractivity contribution in [1.82, 2.24) is 0 Å². The first-order valence-corrected chi connectivity index (χ1v) is 30.8. The fraction of sp³-hybridized carbons (Fsp3) is 0.564. The fourth-order valence-electron chi connectivity index (χ4n) is 12.2. The van der Waals surface area contributed by atoms with Crippen LogP contribution in [0.1, 0.15) is 148 Å². The lowest BCUT2D eigenvalue weighted by Crippen LogP contribution is -2.37. The molecule has 0 aromatic heterocycles. The van der Waals surface area contributed by atoms with Crippen molar-refractivity contribution in [3.05, 3.63) is 121 Å². The van der Waals surface area contributed by atoms with Gasteiger partial charge in [-0.15, -0.1) is 7.92 Å². The highest BCUT2D eigenvalue weighted by atomic mass is 31.1. The Bertz CT molecular complexity index is 1590. The standard InChI is InChI=1S/C55H76P4/c1-9-26-46(27-10-1)56(47-28-11-2-12-29-47)44-25-42-54(58(50-34-17-5-18-35-50)51-36-19-6-20-37-51)55(59(52-38-21-7-22-39-52)53-40-23-8-24-41-53)43-45-57(48-30-13-3-14-31-48)49-32-15-4-16-33-49/h3-4,7-8,13-16,21-24,30-33,38-41,46-47,50-51,54-55H,1-2,5-6,9-12,17-20,25-29,34-37,42-45H2. The Morgan fingerprint density at radius 1 is 0.356 bits per heavy atom. The first-order chi connectivity index (χ1) is 29.3. The molecule has 0 amide bonds. The number of hydrogen-bond donors (Lipinski definition) is 0. The van der Waals surface area contributed by atoms with Crippen LogP contribution in [0.2, 0.25) is 0 Å². The van der Waals surface area contributed by atoms with E-state index in [0.29, 0.717) is 0 Å². The monoisotopic (exact) mass is 860 g/mol. The minimum atomic E-state index is -0.521. The third kappa shape index (κ3) is 12.2. The van der Waals surface area contributed by atoms with E-state index in [4.69, 9.17) is 0 Å². The van der Waals surface area contributed by atoms with Crippen molar-refractivity contribution in [2.24, 2.45) is 0 Å². The van der Waals surface area contributed by atoms with Gasteiger partial charge in [0, 0.05) is 0 Å². The topological polar surface area (TPSA) is 0 Å². The predicted molar refractivity (Wildman–Crippen MR) is 271 cm³/mol. The first-order valence-electron chi connectivity index (χ1n) is 24.6. The second-order valence-corrected chi connectivity index (χ2v) is 29.5. The molecule has 4 aliphatic rings. The van der Waals surface area contributed by atoms with Gasteiger partial charge in [-0.3, -0.25) is 0 Å². The number of benzene rings is 4. The van der Waals surface area contributed by atoms with Crippen molar-refractivity contribution in [1.29, 1.82) is 0 Å². The number of rotatable bonds is 18. The Balaban J connectivity index is 1.21. The average molecular weight is 861 g/mol. The van der Waals surface area contributed by atoms with Crippen LogP contribution in [0.5, 0.6) is 0 Å². The molecule has 2 atom stereocenters. The van der Waals surface area contributed by atoms with Crippen molar-refractivity contribution in [3.63, 3.8) is 0 Å². The summed E-state index contributed by atoms with van der Waals surface area (Å²) < 4.78 is 0. The van der Waals surface area contributed by atoms with Crippen LogP contribution in [0, 0.1) is 0 Å². The molecule has 4 heteroatoms. The fourth-order valence-corrected chi connectivity index (χ4v) is 27.2. The van der Waals surface area contributed by atoms with Gasteiger partial charge in [0.15, 0.2) is 0 Å².